The summed E-state index contributed by atoms with van der Waals surface area (Å²) in [4.78, 5) is 31.7. The molecule has 0 bridgehead atoms. The number of carboxylic acids is 1. The summed E-state index contributed by atoms with van der Waals surface area (Å²) >= 11 is 0. The van der Waals surface area contributed by atoms with E-state index in [-0.39, 0.29) is 22.6 Å². The molecule has 218 valence electrons. The Morgan fingerprint density at radius 3 is 2.12 bits per heavy atom. The van der Waals surface area contributed by atoms with Crippen LogP contribution in [-0.4, -0.2) is 66.9 Å². The fourth-order valence-electron chi connectivity index (χ4n) is 6.06. The Morgan fingerprint density at radius 1 is 0.881 bits per heavy atom. The highest BCUT2D eigenvalue weighted by Crippen LogP contribution is 2.39. The zero-order chi connectivity index (χ0) is 29.4. The molecule has 0 radical (unpaired) electrons. The van der Waals surface area contributed by atoms with Crippen molar-refractivity contribution in [3.05, 3.63) is 93.8 Å². The zero-order valence-electron chi connectivity index (χ0n) is 23.4. The Morgan fingerprint density at radius 2 is 1.50 bits per heavy atom. The van der Waals surface area contributed by atoms with Crippen molar-refractivity contribution in [3.8, 4) is 11.4 Å². The number of likely N-dealkylation sites (tertiary alicyclic amines) is 1. The van der Waals surface area contributed by atoms with Gasteiger partial charge in [0.2, 0.25) is 5.43 Å². The van der Waals surface area contributed by atoms with Gasteiger partial charge in [-0.1, -0.05) is 12.1 Å². The van der Waals surface area contributed by atoms with E-state index in [0.29, 0.717) is 37.4 Å². The van der Waals surface area contributed by atoms with Gasteiger partial charge in [0, 0.05) is 50.3 Å². The highest BCUT2D eigenvalue weighted by atomic mass is 19.1. The van der Waals surface area contributed by atoms with Gasteiger partial charge in [-0.3, -0.25) is 9.69 Å². The van der Waals surface area contributed by atoms with Crippen LogP contribution >= 0.6 is 0 Å². The second-order valence-electron chi connectivity index (χ2n) is 10.8. The lowest BCUT2D eigenvalue weighted by molar-refractivity contribution is 0.0695. The minimum Gasteiger partial charge on any atom is -0.492 e. The molecule has 0 amide bonds. The largest absolute Gasteiger partial charge is 0.492 e. The van der Waals surface area contributed by atoms with Gasteiger partial charge in [-0.05, 0) is 74.0 Å². The van der Waals surface area contributed by atoms with Crippen LogP contribution in [0.25, 0.3) is 16.6 Å². The maximum atomic E-state index is 15.8. The third-order valence-corrected chi connectivity index (χ3v) is 8.21. The molecular formula is C32H32F2N4O4. The number of hydrogen-bond acceptors (Lipinski definition) is 6. The molecule has 0 aliphatic carbocycles. The lowest BCUT2D eigenvalue weighted by Gasteiger charge is -2.38. The van der Waals surface area contributed by atoms with E-state index >= 15 is 4.39 Å². The molecule has 1 aromatic heterocycles. The number of fused-ring (bicyclic) bond motifs is 1. The highest BCUT2D eigenvalue weighted by Gasteiger charge is 2.28. The van der Waals surface area contributed by atoms with E-state index in [1.165, 1.54) is 38.3 Å². The fraction of sp³-hybridized carbons (Fsp3) is 0.312. The Labute approximate surface area is 242 Å². The molecule has 42 heavy (non-hydrogen) atoms. The van der Waals surface area contributed by atoms with Gasteiger partial charge in [-0.2, -0.15) is 0 Å². The van der Waals surface area contributed by atoms with Crippen LogP contribution in [-0.2, 0) is 6.54 Å². The van der Waals surface area contributed by atoms with Crippen molar-refractivity contribution in [1.29, 1.82) is 0 Å². The maximum absolute atomic E-state index is 15.8. The van der Waals surface area contributed by atoms with E-state index in [1.807, 2.05) is 29.2 Å². The Kier molecular flexibility index (Phi) is 7.55. The molecule has 6 rings (SSSR count). The summed E-state index contributed by atoms with van der Waals surface area (Å²) in [5.74, 6) is -2.20. The van der Waals surface area contributed by atoms with E-state index in [0.717, 1.165) is 37.0 Å². The fourth-order valence-corrected chi connectivity index (χ4v) is 6.06. The van der Waals surface area contributed by atoms with Crippen molar-refractivity contribution in [2.45, 2.75) is 19.4 Å². The van der Waals surface area contributed by atoms with Gasteiger partial charge in [-0.15, -0.1) is 0 Å². The van der Waals surface area contributed by atoms with Crippen molar-refractivity contribution >= 4 is 28.2 Å². The van der Waals surface area contributed by atoms with Gasteiger partial charge in [0.25, 0.3) is 0 Å². The number of anilines is 2. The SMILES string of the molecule is COc1c(N2CCN(c3ccc(F)cc3)CC2)c(F)cc2c(=O)c(C(=O)O)cn(-c3ccc(CN4CCCC4)cc3)c12. The first-order valence-corrected chi connectivity index (χ1v) is 14.1. The number of benzene rings is 3. The zero-order valence-corrected chi connectivity index (χ0v) is 23.4. The van der Waals surface area contributed by atoms with Gasteiger partial charge in [0.1, 0.15) is 22.6 Å². The van der Waals surface area contributed by atoms with Crippen molar-refractivity contribution in [2.75, 3.05) is 56.2 Å². The number of piperazine rings is 1. The number of aromatic nitrogens is 1. The molecule has 10 heteroatoms. The molecule has 3 heterocycles. The number of carbonyl (C=O) groups is 1. The molecule has 0 saturated carbocycles. The number of ether oxygens (including phenoxy) is 1. The summed E-state index contributed by atoms with van der Waals surface area (Å²) in [6.45, 7) is 5.01. The Bertz CT molecular complexity index is 1670. The molecule has 3 aromatic carbocycles. The number of methoxy groups -OCH3 is 1. The predicted octanol–water partition coefficient (Wildman–Crippen LogP) is 4.90. The van der Waals surface area contributed by atoms with Crippen LogP contribution in [0.5, 0.6) is 5.75 Å². The van der Waals surface area contributed by atoms with Crippen molar-refractivity contribution in [2.24, 2.45) is 0 Å². The molecular weight excluding hydrogens is 542 g/mol. The van der Waals surface area contributed by atoms with E-state index in [1.54, 1.807) is 16.7 Å². The standard InChI is InChI=1S/C32H32F2N4O4/c1-42-31-28-25(18-27(34)29(31)37-16-14-36(15-17-37)23-10-6-22(33)7-11-23)30(39)26(32(40)41)20-38(28)24-8-4-21(5-9-24)19-35-12-2-3-13-35/h4-11,18,20H,2-3,12-17,19H2,1H3,(H,40,41). The second kappa shape index (κ2) is 11.4. The van der Waals surface area contributed by atoms with Gasteiger partial charge < -0.3 is 24.2 Å². The van der Waals surface area contributed by atoms with Crippen molar-refractivity contribution in [1.82, 2.24) is 9.47 Å². The summed E-state index contributed by atoms with van der Waals surface area (Å²) in [6.07, 6.45) is 3.68. The number of carboxylic acid groups (broad SMARTS) is 1. The summed E-state index contributed by atoms with van der Waals surface area (Å²) in [5.41, 5.74) is 1.93. The third-order valence-electron chi connectivity index (χ3n) is 8.21. The lowest BCUT2D eigenvalue weighted by atomic mass is 10.1. The first kappa shape index (κ1) is 27.7. The van der Waals surface area contributed by atoms with Gasteiger partial charge in [0.05, 0.1) is 12.5 Å². The highest BCUT2D eigenvalue weighted by molar-refractivity contribution is 5.97. The first-order valence-electron chi connectivity index (χ1n) is 14.1. The van der Waals surface area contributed by atoms with Gasteiger partial charge in [0.15, 0.2) is 11.6 Å². The molecule has 2 aliphatic rings. The molecule has 2 fully saturated rings. The molecule has 2 aliphatic heterocycles. The molecule has 0 unspecified atom stereocenters. The second-order valence-corrected chi connectivity index (χ2v) is 10.8. The number of nitrogens with zero attached hydrogens (tertiary/aromatic N) is 4. The quantitative estimate of drug-likeness (QED) is 0.337. The molecule has 8 nitrogen and oxygen atoms in total. The number of aromatic carboxylic acids is 1. The van der Waals surface area contributed by atoms with Crippen LogP contribution in [0.15, 0.2) is 65.6 Å². The molecule has 2 saturated heterocycles. The normalized spacial score (nSPS) is 15.9. The van der Waals surface area contributed by atoms with Crippen molar-refractivity contribution < 1.29 is 23.4 Å². The summed E-state index contributed by atoms with van der Waals surface area (Å²) in [5, 5.41) is 9.74. The predicted molar refractivity (Wildman–Crippen MR) is 158 cm³/mol. The van der Waals surface area contributed by atoms with Crippen LogP contribution < -0.4 is 20.0 Å². The van der Waals surface area contributed by atoms with E-state index in [9.17, 15) is 19.1 Å². The van der Waals surface area contributed by atoms with Crippen LogP contribution in [0.4, 0.5) is 20.2 Å². The van der Waals surface area contributed by atoms with Crippen LogP contribution in [0.1, 0.15) is 28.8 Å². The van der Waals surface area contributed by atoms with E-state index < -0.39 is 22.8 Å². The lowest BCUT2D eigenvalue weighted by Crippen LogP contribution is -2.47. The molecule has 0 atom stereocenters. The van der Waals surface area contributed by atoms with Crippen molar-refractivity contribution in [3.63, 3.8) is 0 Å². The average molecular weight is 575 g/mol. The molecule has 0 spiro atoms. The summed E-state index contributed by atoms with van der Waals surface area (Å²) in [7, 11) is 1.42. The third kappa shape index (κ3) is 5.18. The molecule has 4 aromatic rings. The minimum atomic E-state index is -1.39. The van der Waals surface area contributed by atoms with Gasteiger partial charge >= 0.3 is 5.97 Å². The number of halogens is 2. The smallest absolute Gasteiger partial charge is 0.341 e. The van der Waals surface area contributed by atoms with Gasteiger partial charge in [-0.25, -0.2) is 13.6 Å². The number of hydrogen-bond donors (Lipinski definition) is 1. The average Bonchev–Trinajstić information content (AvgIpc) is 3.51. The Hall–Kier alpha value is -4.44. The van der Waals surface area contributed by atoms with Crippen LogP contribution in [0, 0.1) is 11.6 Å². The summed E-state index contributed by atoms with van der Waals surface area (Å²) < 4.78 is 36.6. The van der Waals surface area contributed by atoms with Crippen LogP contribution in [0.2, 0.25) is 0 Å². The number of rotatable bonds is 7. The van der Waals surface area contributed by atoms with E-state index in [2.05, 4.69) is 9.80 Å². The topological polar surface area (TPSA) is 78.2 Å². The summed E-state index contributed by atoms with van der Waals surface area (Å²) in [6, 6.07) is 15.1. The molecule has 1 N–H and O–H groups in total. The maximum Gasteiger partial charge on any atom is 0.341 e. The monoisotopic (exact) mass is 574 g/mol. The first-order chi connectivity index (χ1) is 20.3. The van der Waals surface area contributed by atoms with E-state index in [4.69, 9.17) is 4.74 Å². The van der Waals surface area contributed by atoms with Crippen LogP contribution in [0.3, 0.4) is 0 Å². The number of pyridine rings is 1. The Balaban J connectivity index is 1.41. The minimum absolute atomic E-state index is 0.0703.